The lowest BCUT2D eigenvalue weighted by molar-refractivity contribution is -0.00706. The predicted octanol–water partition coefficient (Wildman–Crippen LogP) is 5.97. The number of nitriles is 1. The second kappa shape index (κ2) is 7.60. The molecule has 0 spiro atoms. The summed E-state index contributed by atoms with van der Waals surface area (Å²) >= 11 is 0. The first-order valence-corrected chi connectivity index (χ1v) is 12.5. The van der Waals surface area contributed by atoms with E-state index in [1.165, 1.54) is 42.0 Å². The molecule has 4 aliphatic carbocycles. The molecule has 4 saturated carbocycles. The van der Waals surface area contributed by atoms with E-state index in [0.29, 0.717) is 40.2 Å². The predicted molar refractivity (Wildman–Crippen MR) is 131 cm³/mol. The molecule has 2 aromatic heterocycles. The van der Waals surface area contributed by atoms with E-state index in [-0.39, 0.29) is 16.5 Å². The van der Waals surface area contributed by atoms with Crippen molar-refractivity contribution in [3.05, 3.63) is 81.8 Å². The minimum atomic E-state index is -0.666. The fourth-order valence-corrected chi connectivity index (χ4v) is 7.64. The number of rotatable bonds is 3. The van der Waals surface area contributed by atoms with Crippen molar-refractivity contribution >= 4 is 5.65 Å². The molecular formula is C29H24F2N4O. The minimum absolute atomic E-state index is 0.203. The van der Waals surface area contributed by atoms with Crippen LogP contribution in [-0.4, -0.2) is 14.6 Å². The first kappa shape index (κ1) is 21.5. The van der Waals surface area contributed by atoms with E-state index >= 15 is 4.39 Å². The van der Waals surface area contributed by atoms with Crippen LogP contribution in [0.3, 0.4) is 0 Å². The van der Waals surface area contributed by atoms with Gasteiger partial charge in [0.15, 0.2) is 0 Å². The molecule has 0 radical (unpaired) electrons. The van der Waals surface area contributed by atoms with Crippen LogP contribution < -0.4 is 5.56 Å². The Hall–Kier alpha value is -3.79. The van der Waals surface area contributed by atoms with Gasteiger partial charge >= 0.3 is 0 Å². The highest BCUT2D eigenvalue weighted by Gasteiger charge is 2.54. The van der Waals surface area contributed by atoms with Gasteiger partial charge in [0.2, 0.25) is 0 Å². The van der Waals surface area contributed by atoms with Gasteiger partial charge in [-0.15, -0.1) is 0 Å². The smallest absolute Gasteiger partial charge is 0.274 e. The molecule has 180 valence electrons. The third-order valence-electron chi connectivity index (χ3n) is 8.68. The summed E-state index contributed by atoms with van der Waals surface area (Å²) in [6.45, 7) is 0. The molecule has 7 heteroatoms. The number of nitrogens with one attached hydrogen (secondary N) is 1. The van der Waals surface area contributed by atoms with E-state index in [1.54, 1.807) is 24.3 Å². The first-order valence-electron chi connectivity index (χ1n) is 12.5. The van der Waals surface area contributed by atoms with Crippen molar-refractivity contribution in [3.8, 4) is 28.5 Å². The summed E-state index contributed by atoms with van der Waals surface area (Å²) in [6.07, 6.45) is 6.72. The Kier molecular flexibility index (Phi) is 4.54. The fourth-order valence-electron chi connectivity index (χ4n) is 7.64. The summed E-state index contributed by atoms with van der Waals surface area (Å²) in [7, 11) is 0. The molecular weight excluding hydrogens is 458 g/mol. The Balaban J connectivity index is 1.50. The minimum Gasteiger partial charge on any atom is -0.339 e. The molecule has 0 amide bonds. The van der Waals surface area contributed by atoms with Crippen LogP contribution in [0.1, 0.15) is 49.8 Å². The average molecular weight is 483 g/mol. The summed E-state index contributed by atoms with van der Waals surface area (Å²) in [5.74, 6) is 0.599. The lowest BCUT2D eigenvalue weighted by atomic mass is 9.48. The van der Waals surface area contributed by atoms with Gasteiger partial charge in [0.25, 0.3) is 5.56 Å². The second-order valence-corrected chi connectivity index (χ2v) is 11.0. The number of aromatic nitrogens is 3. The van der Waals surface area contributed by atoms with Crippen molar-refractivity contribution < 1.29 is 8.78 Å². The number of fused-ring (bicyclic) bond motifs is 1. The van der Waals surface area contributed by atoms with Gasteiger partial charge in [0, 0.05) is 23.1 Å². The van der Waals surface area contributed by atoms with E-state index in [9.17, 15) is 9.18 Å². The third-order valence-corrected chi connectivity index (χ3v) is 8.68. The molecule has 4 fully saturated rings. The Morgan fingerprint density at radius 1 is 0.972 bits per heavy atom. The Morgan fingerprint density at radius 3 is 2.25 bits per heavy atom. The highest BCUT2D eigenvalue weighted by atomic mass is 19.1. The van der Waals surface area contributed by atoms with Gasteiger partial charge in [-0.1, -0.05) is 12.1 Å². The van der Waals surface area contributed by atoms with Gasteiger partial charge in [-0.2, -0.15) is 14.9 Å². The standard InChI is InChI=1S/C29H24F2N4O/c30-21-5-6-22(23(31)10-21)26-27(29-12-17-7-18(13-29)9-19(8-17)14-29)34-35-25(36)11-24(33-28(26)35)20-3-1-16(15-32)2-4-20/h1-6,10-11,17-19,33H,7-9,12-14H2. The Bertz CT molecular complexity index is 1590. The monoisotopic (exact) mass is 482 g/mol. The van der Waals surface area contributed by atoms with Crippen molar-refractivity contribution in [3.63, 3.8) is 0 Å². The second-order valence-electron chi connectivity index (χ2n) is 11.0. The zero-order valence-corrected chi connectivity index (χ0v) is 19.6. The van der Waals surface area contributed by atoms with Crippen LogP contribution in [0.5, 0.6) is 0 Å². The van der Waals surface area contributed by atoms with E-state index in [2.05, 4.69) is 11.1 Å². The van der Waals surface area contributed by atoms with E-state index < -0.39 is 11.6 Å². The molecule has 0 unspecified atom stereocenters. The first-order chi connectivity index (χ1) is 17.4. The van der Waals surface area contributed by atoms with Gasteiger partial charge in [0.05, 0.1) is 28.6 Å². The lowest BCUT2D eigenvalue weighted by Gasteiger charge is -2.56. The summed E-state index contributed by atoms with van der Waals surface area (Å²) in [6, 6.07) is 14.1. The third kappa shape index (κ3) is 3.17. The van der Waals surface area contributed by atoms with E-state index in [4.69, 9.17) is 10.4 Å². The molecule has 0 atom stereocenters. The van der Waals surface area contributed by atoms with Crippen LogP contribution >= 0.6 is 0 Å². The van der Waals surface area contributed by atoms with Crippen molar-refractivity contribution in [1.29, 1.82) is 5.26 Å². The molecule has 8 rings (SSSR count). The van der Waals surface area contributed by atoms with Crippen LogP contribution in [-0.2, 0) is 5.41 Å². The maximum Gasteiger partial charge on any atom is 0.274 e. The maximum absolute atomic E-state index is 15.3. The molecule has 36 heavy (non-hydrogen) atoms. The highest BCUT2D eigenvalue weighted by Crippen LogP contribution is 2.61. The molecule has 5 nitrogen and oxygen atoms in total. The van der Waals surface area contributed by atoms with Crippen molar-refractivity contribution in [1.82, 2.24) is 14.6 Å². The Labute approximate surface area is 206 Å². The topological polar surface area (TPSA) is 73.9 Å². The van der Waals surface area contributed by atoms with Gasteiger partial charge in [0.1, 0.15) is 17.3 Å². The Morgan fingerprint density at radius 2 is 1.64 bits per heavy atom. The summed E-state index contributed by atoms with van der Waals surface area (Å²) in [4.78, 5) is 16.7. The van der Waals surface area contributed by atoms with E-state index in [0.717, 1.165) is 36.6 Å². The van der Waals surface area contributed by atoms with Gasteiger partial charge in [-0.3, -0.25) is 4.79 Å². The SMILES string of the molecule is N#Cc1ccc(-c2cc(=O)n3nc(C45CC6CC(CC(C6)C4)C5)c(-c4ccc(F)cc4F)c3[nH]2)cc1. The van der Waals surface area contributed by atoms with Crippen molar-refractivity contribution in [2.75, 3.05) is 0 Å². The maximum atomic E-state index is 15.3. The van der Waals surface area contributed by atoms with Gasteiger partial charge in [-0.25, -0.2) is 8.78 Å². The fraction of sp³-hybridized carbons (Fsp3) is 0.345. The largest absolute Gasteiger partial charge is 0.339 e. The molecule has 4 aromatic rings. The number of hydrogen-bond acceptors (Lipinski definition) is 3. The molecule has 0 aliphatic heterocycles. The number of aromatic amines is 1. The molecule has 2 aromatic carbocycles. The molecule has 4 aliphatic rings. The quantitative estimate of drug-likeness (QED) is 0.391. The normalized spacial score (nSPS) is 26.4. The zero-order valence-electron chi connectivity index (χ0n) is 19.6. The zero-order chi connectivity index (χ0) is 24.6. The summed E-state index contributed by atoms with van der Waals surface area (Å²) in [5, 5.41) is 14.0. The van der Waals surface area contributed by atoms with Crippen LogP contribution in [0, 0.1) is 40.7 Å². The number of nitrogens with zero attached hydrogens (tertiary/aromatic N) is 3. The van der Waals surface area contributed by atoms with Crippen LogP contribution in [0.4, 0.5) is 8.78 Å². The van der Waals surface area contributed by atoms with Gasteiger partial charge in [-0.05, 0) is 86.1 Å². The van der Waals surface area contributed by atoms with Crippen molar-refractivity contribution in [2.45, 2.75) is 43.9 Å². The number of halogens is 2. The van der Waals surface area contributed by atoms with Crippen LogP contribution in [0.15, 0.2) is 53.3 Å². The number of benzene rings is 2. The molecule has 4 bridgehead atoms. The number of hydrogen-bond donors (Lipinski definition) is 1. The summed E-state index contributed by atoms with van der Waals surface area (Å²) in [5.41, 5.74) is 3.27. The molecule has 2 heterocycles. The molecule has 0 saturated heterocycles. The number of H-pyrrole nitrogens is 1. The van der Waals surface area contributed by atoms with E-state index in [1.807, 2.05) is 0 Å². The molecule has 1 N–H and O–H groups in total. The van der Waals surface area contributed by atoms with Crippen molar-refractivity contribution in [2.24, 2.45) is 17.8 Å². The lowest BCUT2D eigenvalue weighted by Crippen LogP contribution is -2.49. The van der Waals surface area contributed by atoms with Gasteiger partial charge < -0.3 is 4.98 Å². The average Bonchev–Trinajstić information content (AvgIpc) is 3.24. The van der Waals surface area contributed by atoms with Crippen LogP contribution in [0.25, 0.3) is 28.0 Å². The van der Waals surface area contributed by atoms with Crippen LogP contribution in [0.2, 0.25) is 0 Å². The highest BCUT2D eigenvalue weighted by molar-refractivity contribution is 5.82. The summed E-state index contributed by atoms with van der Waals surface area (Å²) < 4.78 is 30.5.